The number of aromatic nitrogens is 1. The van der Waals surface area contributed by atoms with Crippen molar-refractivity contribution >= 4 is 27.2 Å². The molecule has 1 aliphatic heterocycles. The molecule has 0 radical (unpaired) electrons. The molecule has 0 bridgehead atoms. The second kappa shape index (κ2) is 7.68. The number of rotatable bonds is 5. The van der Waals surface area contributed by atoms with Gasteiger partial charge in [-0.25, -0.2) is 13.4 Å². The molecular weight excluding hydrogens is 362 g/mol. The summed E-state index contributed by atoms with van der Waals surface area (Å²) < 4.78 is 23.5. The lowest BCUT2D eigenvalue weighted by Crippen LogP contribution is -2.41. The summed E-state index contributed by atoms with van der Waals surface area (Å²) in [5.41, 5.74) is 3.82. The molecule has 1 saturated heterocycles. The fraction of sp³-hybridized carbons (Fsp3) is 0.400. The van der Waals surface area contributed by atoms with E-state index in [9.17, 15) is 13.2 Å². The van der Waals surface area contributed by atoms with Crippen molar-refractivity contribution in [2.24, 2.45) is 0 Å². The standard InChI is InChI=1S/C20H25N3O3S/c1-4-23(18-9-10-27(25,26)13-18)20(24)16-6-8-19(21-12-16)22-17-7-5-14(2)15(3)11-17/h5-8,11-12,18H,4,9-10,13H2,1-3H3,(H,21,22). The van der Waals surface area contributed by atoms with E-state index in [4.69, 9.17) is 0 Å². The van der Waals surface area contributed by atoms with Crippen LogP contribution < -0.4 is 5.32 Å². The average molecular weight is 388 g/mol. The smallest absolute Gasteiger partial charge is 0.255 e. The third-order valence-electron chi connectivity index (χ3n) is 5.04. The van der Waals surface area contributed by atoms with Crippen molar-refractivity contribution < 1.29 is 13.2 Å². The third kappa shape index (κ3) is 4.47. The van der Waals surface area contributed by atoms with Gasteiger partial charge in [-0.3, -0.25) is 4.79 Å². The molecule has 1 unspecified atom stereocenters. The van der Waals surface area contributed by atoms with Gasteiger partial charge in [0.05, 0.1) is 17.1 Å². The molecule has 0 spiro atoms. The zero-order valence-corrected chi connectivity index (χ0v) is 16.7. The molecule has 27 heavy (non-hydrogen) atoms. The molecule has 144 valence electrons. The Kier molecular flexibility index (Phi) is 5.51. The molecule has 0 saturated carbocycles. The van der Waals surface area contributed by atoms with E-state index >= 15 is 0 Å². The highest BCUT2D eigenvalue weighted by molar-refractivity contribution is 7.91. The van der Waals surface area contributed by atoms with Gasteiger partial charge in [0.25, 0.3) is 5.91 Å². The molecule has 1 aliphatic rings. The Morgan fingerprint density at radius 1 is 1.22 bits per heavy atom. The Bertz CT molecular complexity index is 939. The molecule has 6 nitrogen and oxygen atoms in total. The molecule has 2 aromatic rings. The molecule has 1 aromatic carbocycles. The van der Waals surface area contributed by atoms with Crippen LogP contribution in [0.15, 0.2) is 36.5 Å². The van der Waals surface area contributed by atoms with Gasteiger partial charge in [0.15, 0.2) is 9.84 Å². The van der Waals surface area contributed by atoms with E-state index < -0.39 is 9.84 Å². The lowest BCUT2D eigenvalue weighted by atomic mass is 10.1. The highest BCUT2D eigenvalue weighted by atomic mass is 32.2. The zero-order valence-electron chi connectivity index (χ0n) is 15.9. The molecule has 2 heterocycles. The van der Waals surface area contributed by atoms with E-state index in [1.807, 2.05) is 19.1 Å². The van der Waals surface area contributed by atoms with E-state index in [1.165, 1.54) is 17.3 Å². The number of hydrogen-bond donors (Lipinski definition) is 1. The first kappa shape index (κ1) is 19.4. The Morgan fingerprint density at radius 2 is 2.00 bits per heavy atom. The van der Waals surface area contributed by atoms with Gasteiger partial charge in [-0.2, -0.15) is 0 Å². The summed E-state index contributed by atoms with van der Waals surface area (Å²) in [5, 5.41) is 3.23. The van der Waals surface area contributed by atoms with E-state index in [1.54, 1.807) is 17.0 Å². The maximum Gasteiger partial charge on any atom is 0.255 e. The fourth-order valence-corrected chi connectivity index (χ4v) is 5.05. The van der Waals surface area contributed by atoms with E-state index in [0.717, 1.165) is 5.69 Å². The Morgan fingerprint density at radius 3 is 2.56 bits per heavy atom. The van der Waals surface area contributed by atoms with Crippen molar-refractivity contribution in [2.45, 2.75) is 33.2 Å². The van der Waals surface area contributed by atoms with E-state index in [0.29, 0.717) is 24.3 Å². The first-order valence-corrected chi connectivity index (χ1v) is 10.9. The van der Waals surface area contributed by atoms with Gasteiger partial charge in [0, 0.05) is 24.5 Å². The molecule has 1 fully saturated rings. The predicted molar refractivity (Wildman–Crippen MR) is 107 cm³/mol. The Balaban J connectivity index is 1.72. The van der Waals surface area contributed by atoms with Crippen LogP contribution >= 0.6 is 0 Å². The Hall–Kier alpha value is -2.41. The summed E-state index contributed by atoms with van der Waals surface area (Å²) in [6.45, 7) is 6.46. The highest BCUT2D eigenvalue weighted by Gasteiger charge is 2.34. The maximum atomic E-state index is 12.8. The lowest BCUT2D eigenvalue weighted by molar-refractivity contribution is 0.0708. The first-order valence-electron chi connectivity index (χ1n) is 9.11. The maximum absolute atomic E-state index is 12.8. The minimum Gasteiger partial charge on any atom is -0.340 e. The van der Waals surface area contributed by atoms with Gasteiger partial charge in [-0.15, -0.1) is 0 Å². The topological polar surface area (TPSA) is 79.4 Å². The van der Waals surface area contributed by atoms with Crippen LogP contribution in [0.5, 0.6) is 0 Å². The minimum absolute atomic E-state index is 0.0480. The number of carbonyl (C=O) groups is 1. The van der Waals surface area contributed by atoms with Crippen molar-refractivity contribution in [1.29, 1.82) is 0 Å². The van der Waals surface area contributed by atoms with Crippen molar-refractivity contribution in [3.8, 4) is 0 Å². The largest absolute Gasteiger partial charge is 0.340 e. The van der Waals surface area contributed by atoms with Crippen LogP contribution in [0.3, 0.4) is 0 Å². The SMILES string of the molecule is CCN(C(=O)c1ccc(Nc2ccc(C)c(C)c2)nc1)C1CCS(=O)(=O)C1. The average Bonchev–Trinajstić information content (AvgIpc) is 2.99. The molecular formula is C20H25N3O3S. The molecule has 3 rings (SSSR count). The van der Waals surface area contributed by atoms with Crippen molar-refractivity contribution in [3.05, 3.63) is 53.2 Å². The molecule has 1 atom stereocenters. The summed E-state index contributed by atoms with van der Waals surface area (Å²) in [7, 11) is -3.03. The fourth-order valence-electron chi connectivity index (χ4n) is 3.32. The van der Waals surface area contributed by atoms with Gasteiger partial charge in [-0.1, -0.05) is 6.07 Å². The van der Waals surface area contributed by atoms with Crippen molar-refractivity contribution in [3.63, 3.8) is 0 Å². The van der Waals surface area contributed by atoms with Crippen molar-refractivity contribution in [1.82, 2.24) is 9.88 Å². The third-order valence-corrected chi connectivity index (χ3v) is 6.79. The normalized spacial score (nSPS) is 18.3. The summed E-state index contributed by atoms with van der Waals surface area (Å²) >= 11 is 0. The number of nitrogens with zero attached hydrogens (tertiary/aromatic N) is 2. The monoisotopic (exact) mass is 387 g/mol. The van der Waals surface area contributed by atoms with Crippen LogP contribution in [-0.2, 0) is 9.84 Å². The molecule has 1 amide bonds. The van der Waals surface area contributed by atoms with Crippen LogP contribution in [0.4, 0.5) is 11.5 Å². The van der Waals surface area contributed by atoms with Gasteiger partial charge in [0.2, 0.25) is 0 Å². The minimum atomic E-state index is -3.03. The molecule has 0 aliphatic carbocycles. The van der Waals surface area contributed by atoms with Gasteiger partial charge in [0.1, 0.15) is 5.82 Å². The lowest BCUT2D eigenvalue weighted by Gasteiger charge is -2.26. The quantitative estimate of drug-likeness (QED) is 0.853. The number of amides is 1. The summed E-state index contributed by atoms with van der Waals surface area (Å²) in [5.74, 6) is 0.677. The summed E-state index contributed by atoms with van der Waals surface area (Å²) in [6, 6.07) is 9.33. The second-order valence-corrected chi connectivity index (χ2v) is 9.23. The number of sulfone groups is 1. The summed E-state index contributed by atoms with van der Waals surface area (Å²) in [6.07, 6.45) is 2.04. The van der Waals surface area contributed by atoms with Crippen LogP contribution in [0.25, 0.3) is 0 Å². The first-order chi connectivity index (χ1) is 12.8. The van der Waals surface area contributed by atoms with Crippen LogP contribution in [0.2, 0.25) is 0 Å². The molecule has 7 heteroatoms. The predicted octanol–water partition coefficient (Wildman–Crippen LogP) is 3.09. The number of aryl methyl sites for hydroxylation is 2. The van der Waals surface area contributed by atoms with E-state index in [-0.39, 0.29) is 23.5 Å². The highest BCUT2D eigenvalue weighted by Crippen LogP contribution is 2.21. The second-order valence-electron chi connectivity index (χ2n) is 7.00. The number of benzene rings is 1. The van der Waals surface area contributed by atoms with Gasteiger partial charge < -0.3 is 10.2 Å². The van der Waals surface area contributed by atoms with E-state index in [2.05, 4.69) is 30.2 Å². The molecule has 1 N–H and O–H groups in total. The number of carbonyl (C=O) groups excluding carboxylic acids is 1. The van der Waals surface area contributed by atoms with Gasteiger partial charge in [-0.05, 0) is 62.6 Å². The summed E-state index contributed by atoms with van der Waals surface area (Å²) in [4.78, 5) is 18.8. The number of anilines is 2. The van der Waals surface area contributed by atoms with Crippen LogP contribution in [-0.4, -0.2) is 48.3 Å². The van der Waals surface area contributed by atoms with Gasteiger partial charge >= 0.3 is 0 Å². The number of nitrogens with one attached hydrogen (secondary N) is 1. The zero-order chi connectivity index (χ0) is 19.6. The molecule has 1 aromatic heterocycles. The van der Waals surface area contributed by atoms with Crippen molar-refractivity contribution in [2.75, 3.05) is 23.4 Å². The Labute approximate surface area is 160 Å². The number of pyridine rings is 1. The number of hydrogen-bond acceptors (Lipinski definition) is 5. The van der Waals surface area contributed by atoms with Crippen LogP contribution in [0.1, 0.15) is 34.8 Å². The van der Waals surface area contributed by atoms with Crippen LogP contribution in [0, 0.1) is 13.8 Å².